The Morgan fingerprint density at radius 2 is 1.96 bits per heavy atom. The van der Waals surface area contributed by atoms with Gasteiger partial charge in [-0.2, -0.15) is 0 Å². The second-order valence-corrected chi connectivity index (χ2v) is 8.35. The minimum atomic E-state index is -0.254. The van der Waals surface area contributed by atoms with Crippen LogP contribution in [0.5, 0.6) is 0 Å². The second-order valence-electron chi connectivity index (χ2n) is 7.39. The van der Waals surface area contributed by atoms with Gasteiger partial charge >= 0.3 is 5.63 Å². The molecule has 0 unspecified atom stereocenters. The second kappa shape index (κ2) is 6.20. The van der Waals surface area contributed by atoms with Gasteiger partial charge in [0.1, 0.15) is 5.58 Å². The van der Waals surface area contributed by atoms with Crippen molar-refractivity contribution in [2.45, 2.75) is 62.8 Å². The van der Waals surface area contributed by atoms with Crippen LogP contribution in [0.4, 0.5) is 0 Å². The number of thioether (sulfide) groups is 1. The highest BCUT2D eigenvalue weighted by atomic mass is 32.2. The lowest BCUT2D eigenvalue weighted by Gasteiger charge is -2.23. The van der Waals surface area contributed by atoms with Crippen molar-refractivity contribution in [3.8, 4) is 0 Å². The lowest BCUT2D eigenvalue weighted by atomic mass is 9.92. The summed E-state index contributed by atoms with van der Waals surface area (Å²) in [5.74, 6) is 0.756. The molecule has 0 saturated heterocycles. The Labute approximate surface area is 151 Å². The van der Waals surface area contributed by atoms with Crippen LogP contribution < -0.4 is 10.9 Å². The van der Waals surface area contributed by atoms with Crippen LogP contribution >= 0.6 is 11.8 Å². The number of hydrogen-bond acceptors (Lipinski definition) is 5. The smallest absolute Gasteiger partial charge is 0.336 e. The van der Waals surface area contributed by atoms with Crippen LogP contribution in [0.3, 0.4) is 0 Å². The first-order chi connectivity index (χ1) is 12.3. The van der Waals surface area contributed by atoms with Gasteiger partial charge in [-0.05, 0) is 60.9 Å². The molecular formula is C20H22N2O2S. The zero-order valence-corrected chi connectivity index (χ0v) is 15.0. The van der Waals surface area contributed by atoms with Crippen LogP contribution in [0.25, 0.3) is 11.0 Å². The van der Waals surface area contributed by atoms with Crippen LogP contribution in [0.15, 0.2) is 32.4 Å². The minimum absolute atomic E-state index is 0.254. The van der Waals surface area contributed by atoms with Gasteiger partial charge in [0.05, 0.1) is 12.1 Å². The van der Waals surface area contributed by atoms with Gasteiger partial charge in [0.15, 0.2) is 5.17 Å². The molecule has 1 N–H and O–H groups in total. The first-order valence-corrected chi connectivity index (χ1v) is 10.3. The standard InChI is InChI=1S/C20H22N2O2S/c23-19-10-14(11-25-20-21-16-6-1-2-7-17(16)22-20)15-8-12-4-3-5-13(12)9-18(15)24-19/h8-10,16-17H,1-7,11H2,(H,21,22)/t16-,17+. The van der Waals surface area contributed by atoms with Crippen molar-refractivity contribution in [3.63, 3.8) is 0 Å². The zero-order chi connectivity index (χ0) is 16.8. The van der Waals surface area contributed by atoms with Crippen molar-refractivity contribution < 1.29 is 4.42 Å². The van der Waals surface area contributed by atoms with E-state index in [-0.39, 0.29) is 5.63 Å². The quantitative estimate of drug-likeness (QED) is 0.834. The van der Waals surface area contributed by atoms with Crippen LogP contribution in [0.2, 0.25) is 0 Å². The van der Waals surface area contributed by atoms with Gasteiger partial charge in [-0.3, -0.25) is 4.99 Å². The zero-order valence-electron chi connectivity index (χ0n) is 14.2. The van der Waals surface area contributed by atoms with Gasteiger partial charge < -0.3 is 9.73 Å². The first kappa shape index (κ1) is 15.5. The van der Waals surface area contributed by atoms with E-state index in [1.54, 1.807) is 17.8 Å². The van der Waals surface area contributed by atoms with Crippen molar-refractivity contribution in [1.29, 1.82) is 0 Å². The monoisotopic (exact) mass is 354 g/mol. The van der Waals surface area contributed by atoms with E-state index in [2.05, 4.69) is 17.4 Å². The number of amidine groups is 1. The number of rotatable bonds is 2. The Balaban J connectivity index is 1.42. The van der Waals surface area contributed by atoms with Crippen LogP contribution in [-0.4, -0.2) is 17.3 Å². The average molecular weight is 354 g/mol. The van der Waals surface area contributed by atoms with E-state index in [1.807, 2.05) is 0 Å². The lowest BCUT2D eigenvalue weighted by Crippen LogP contribution is -2.36. The van der Waals surface area contributed by atoms with E-state index >= 15 is 0 Å². The highest BCUT2D eigenvalue weighted by molar-refractivity contribution is 8.13. The largest absolute Gasteiger partial charge is 0.423 e. The molecular weight excluding hydrogens is 332 g/mol. The summed E-state index contributed by atoms with van der Waals surface area (Å²) in [7, 11) is 0. The summed E-state index contributed by atoms with van der Waals surface area (Å²) in [6, 6.07) is 6.95. The molecule has 4 nitrogen and oxygen atoms in total. The molecule has 2 aromatic rings. The molecule has 0 bridgehead atoms. The molecule has 0 radical (unpaired) electrons. The fraction of sp³-hybridized carbons (Fsp3) is 0.500. The third-order valence-electron chi connectivity index (χ3n) is 5.73. The maximum atomic E-state index is 12.0. The number of fused-ring (bicyclic) bond motifs is 3. The summed E-state index contributed by atoms with van der Waals surface area (Å²) in [4.78, 5) is 16.8. The molecule has 0 spiro atoms. The molecule has 5 rings (SSSR count). The Kier molecular flexibility index (Phi) is 3.85. The summed E-state index contributed by atoms with van der Waals surface area (Å²) in [5, 5.41) is 5.71. The molecule has 1 fully saturated rings. The van der Waals surface area contributed by atoms with Gasteiger partial charge in [-0.25, -0.2) is 4.79 Å². The fourth-order valence-corrected chi connectivity index (χ4v) is 5.40. The van der Waals surface area contributed by atoms with Gasteiger partial charge in [-0.15, -0.1) is 0 Å². The summed E-state index contributed by atoms with van der Waals surface area (Å²) < 4.78 is 5.47. The number of aryl methyl sites for hydroxylation is 2. The Bertz CT molecular complexity index is 918. The molecule has 5 heteroatoms. The Morgan fingerprint density at radius 3 is 2.84 bits per heavy atom. The molecule has 0 amide bonds. The van der Waals surface area contributed by atoms with E-state index in [9.17, 15) is 4.79 Å². The summed E-state index contributed by atoms with van der Waals surface area (Å²) in [6.07, 6.45) is 8.44. The van der Waals surface area contributed by atoms with Gasteiger partial charge in [0.25, 0.3) is 0 Å². The lowest BCUT2D eigenvalue weighted by molar-refractivity contribution is 0.385. The molecule has 130 valence electrons. The maximum absolute atomic E-state index is 12.0. The number of aliphatic imine (C=N–C) groups is 1. The highest BCUT2D eigenvalue weighted by Crippen LogP contribution is 2.31. The van der Waals surface area contributed by atoms with Gasteiger partial charge in [0.2, 0.25) is 0 Å². The predicted octanol–water partition coefficient (Wildman–Crippen LogP) is 3.79. The van der Waals surface area contributed by atoms with Crippen LogP contribution in [-0.2, 0) is 18.6 Å². The van der Waals surface area contributed by atoms with Crippen molar-refractivity contribution in [2.24, 2.45) is 4.99 Å². The molecule has 25 heavy (non-hydrogen) atoms. The normalized spacial score (nSPS) is 24.7. The van der Waals surface area contributed by atoms with Gasteiger partial charge in [-0.1, -0.05) is 24.6 Å². The van der Waals surface area contributed by atoms with E-state index in [0.717, 1.165) is 40.3 Å². The Morgan fingerprint density at radius 1 is 1.12 bits per heavy atom. The highest BCUT2D eigenvalue weighted by Gasteiger charge is 2.30. The van der Waals surface area contributed by atoms with Gasteiger partial charge in [0, 0.05) is 17.2 Å². The fourth-order valence-electron chi connectivity index (χ4n) is 4.42. The average Bonchev–Trinajstić information content (AvgIpc) is 3.23. The molecule has 1 saturated carbocycles. The summed E-state index contributed by atoms with van der Waals surface area (Å²) in [5.41, 5.74) is 4.29. The predicted molar refractivity (Wildman–Crippen MR) is 102 cm³/mol. The first-order valence-electron chi connectivity index (χ1n) is 9.32. The number of nitrogens with zero attached hydrogens (tertiary/aromatic N) is 1. The third-order valence-corrected chi connectivity index (χ3v) is 6.68. The summed E-state index contributed by atoms with van der Waals surface area (Å²) >= 11 is 1.72. The van der Waals surface area contributed by atoms with E-state index in [0.29, 0.717) is 12.1 Å². The van der Waals surface area contributed by atoms with Crippen molar-refractivity contribution >= 4 is 27.9 Å². The summed E-state index contributed by atoms with van der Waals surface area (Å²) in [6.45, 7) is 0. The molecule has 2 atom stereocenters. The SMILES string of the molecule is O=c1cc(CSC2=N[C@@H]3CCCC[C@@H]3N2)c2cc3c(cc2o1)CCC3. The molecule has 2 heterocycles. The minimum Gasteiger partial charge on any atom is -0.423 e. The third kappa shape index (κ3) is 2.88. The van der Waals surface area contributed by atoms with Crippen molar-refractivity contribution in [3.05, 3.63) is 45.3 Å². The molecule has 1 aliphatic heterocycles. The van der Waals surface area contributed by atoms with E-state index < -0.39 is 0 Å². The van der Waals surface area contributed by atoms with Crippen molar-refractivity contribution in [1.82, 2.24) is 5.32 Å². The molecule has 2 aliphatic carbocycles. The number of hydrogen-bond donors (Lipinski definition) is 1. The van der Waals surface area contributed by atoms with Crippen LogP contribution in [0.1, 0.15) is 48.8 Å². The number of nitrogens with one attached hydrogen (secondary N) is 1. The van der Waals surface area contributed by atoms with E-state index in [4.69, 9.17) is 9.41 Å². The molecule has 3 aliphatic rings. The number of benzene rings is 1. The molecule has 1 aromatic carbocycles. The molecule has 1 aromatic heterocycles. The van der Waals surface area contributed by atoms with Crippen LogP contribution in [0, 0.1) is 0 Å². The van der Waals surface area contributed by atoms with E-state index in [1.165, 1.54) is 43.2 Å². The maximum Gasteiger partial charge on any atom is 0.336 e. The Hall–Kier alpha value is -1.75. The topological polar surface area (TPSA) is 54.6 Å². The van der Waals surface area contributed by atoms with Crippen molar-refractivity contribution in [2.75, 3.05) is 0 Å².